The van der Waals surface area contributed by atoms with Crippen LogP contribution >= 0.6 is 0 Å². The van der Waals surface area contributed by atoms with Crippen molar-refractivity contribution in [1.29, 1.82) is 0 Å². The average Bonchev–Trinajstić information content (AvgIpc) is 3.22. The summed E-state index contributed by atoms with van der Waals surface area (Å²) in [6, 6.07) is 12.0. The average molecular weight is 304 g/mol. The van der Waals surface area contributed by atoms with Gasteiger partial charge >= 0.3 is 0 Å². The molecule has 0 fully saturated rings. The lowest BCUT2D eigenvalue weighted by Crippen LogP contribution is -2.00. The number of nitrogens with one attached hydrogen (secondary N) is 1. The maximum Gasteiger partial charge on any atom is 0.159 e. The molecule has 0 bridgehead atoms. The lowest BCUT2D eigenvalue weighted by Gasteiger charge is -2.05. The lowest BCUT2D eigenvalue weighted by molar-refractivity contribution is 0.786. The molecule has 0 atom stereocenters. The number of benzene rings is 1. The van der Waals surface area contributed by atoms with E-state index in [9.17, 15) is 0 Å². The van der Waals surface area contributed by atoms with Crippen molar-refractivity contribution >= 4 is 16.7 Å². The van der Waals surface area contributed by atoms with Gasteiger partial charge < -0.3 is 5.32 Å². The van der Waals surface area contributed by atoms with Crippen LogP contribution in [0.15, 0.2) is 61.2 Å². The van der Waals surface area contributed by atoms with Gasteiger partial charge in [0.1, 0.15) is 0 Å². The number of nitrogens with zero attached hydrogens (tertiary/aromatic N) is 5. The molecule has 0 unspecified atom stereocenters. The Kier molecular flexibility index (Phi) is 3.27. The van der Waals surface area contributed by atoms with E-state index in [0.29, 0.717) is 6.54 Å². The molecule has 0 saturated heterocycles. The van der Waals surface area contributed by atoms with Crippen molar-refractivity contribution in [3.8, 4) is 5.69 Å². The van der Waals surface area contributed by atoms with Crippen LogP contribution in [-0.4, -0.2) is 24.5 Å². The molecule has 6 heteroatoms. The molecule has 6 nitrogen and oxygen atoms in total. The Balaban J connectivity index is 1.54. The summed E-state index contributed by atoms with van der Waals surface area (Å²) < 4.78 is 3.65. The van der Waals surface area contributed by atoms with E-state index < -0.39 is 0 Å². The molecular weight excluding hydrogens is 288 g/mol. The third kappa shape index (κ3) is 2.55. The zero-order valence-corrected chi connectivity index (χ0v) is 12.7. The molecule has 3 heterocycles. The van der Waals surface area contributed by atoms with Gasteiger partial charge in [-0.25, -0.2) is 9.67 Å². The van der Waals surface area contributed by atoms with Gasteiger partial charge in [0.15, 0.2) is 5.65 Å². The summed E-state index contributed by atoms with van der Waals surface area (Å²) in [7, 11) is 1.89. The highest BCUT2D eigenvalue weighted by molar-refractivity contribution is 5.88. The van der Waals surface area contributed by atoms with Crippen molar-refractivity contribution in [1.82, 2.24) is 24.5 Å². The van der Waals surface area contributed by atoms with Crippen molar-refractivity contribution in [2.75, 3.05) is 5.32 Å². The molecule has 1 N–H and O–H groups in total. The monoisotopic (exact) mass is 304 g/mol. The summed E-state index contributed by atoms with van der Waals surface area (Å²) in [6.45, 7) is 0.695. The van der Waals surface area contributed by atoms with Gasteiger partial charge in [0.2, 0.25) is 0 Å². The maximum absolute atomic E-state index is 4.41. The Hall–Kier alpha value is -3.15. The van der Waals surface area contributed by atoms with Crippen LogP contribution in [0.5, 0.6) is 0 Å². The zero-order chi connectivity index (χ0) is 15.6. The summed E-state index contributed by atoms with van der Waals surface area (Å²) in [4.78, 5) is 4.34. The number of aromatic nitrogens is 5. The Morgan fingerprint density at radius 3 is 2.78 bits per heavy atom. The predicted octanol–water partition coefficient (Wildman–Crippen LogP) is 2.77. The number of hydrogen-bond donors (Lipinski definition) is 1. The largest absolute Gasteiger partial charge is 0.380 e. The first-order valence-corrected chi connectivity index (χ1v) is 7.41. The second-order valence-electron chi connectivity index (χ2n) is 5.35. The molecule has 0 aliphatic heterocycles. The molecule has 0 radical (unpaired) electrons. The van der Waals surface area contributed by atoms with E-state index in [4.69, 9.17) is 0 Å². The van der Waals surface area contributed by atoms with Gasteiger partial charge in [-0.15, -0.1) is 0 Å². The van der Waals surface area contributed by atoms with Crippen molar-refractivity contribution < 1.29 is 0 Å². The minimum absolute atomic E-state index is 0.695. The first kappa shape index (κ1) is 13.5. The fourth-order valence-electron chi connectivity index (χ4n) is 2.57. The quantitative estimate of drug-likeness (QED) is 0.630. The van der Waals surface area contributed by atoms with E-state index in [-0.39, 0.29) is 0 Å². The maximum atomic E-state index is 4.41. The first-order valence-electron chi connectivity index (χ1n) is 7.41. The number of fused-ring (bicyclic) bond motifs is 1. The number of rotatable bonds is 4. The highest BCUT2D eigenvalue weighted by atomic mass is 15.3. The number of para-hydroxylation sites is 1. The molecule has 4 aromatic rings. The van der Waals surface area contributed by atoms with Crippen LogP contribution in [0.2, 0.25) is 0 Å². The minimum Gasteiger partial charge on any atom is -0.380 e. The normalized spacial score (nSPS) is 11.0. The van der Waals surface area contributed by atoms with Gasteiger partial charge in [-0.3, -0.25) is 4.68 Å². The van der Waals surface area contributed by atoms with Crippen LogP contribution in [-0.2, 0) is 13.6 Å². The molecule has 4 rings (SSSR count). The first-order chi connectivity index (χ1) is 11.3. The Morgan fingerprint density at radius 1 is 1.04 bits per heavy atom. The van der Waals surface area contributed by atoms with Crippen molar-refractivity contribution in [3.63, 3.8) is 0 Å². The summed E-state index contributed by atoms with van der Waals surface area (Å²) in [6.07, 6.45) is 7.53. The van der Waals surface area contributed by atoms with Gasteiger partial charge in [0.25, 0.3) is 0 Å². The Labute approximate surface area is 133 Å². The van der Waals surface area contributed by atoms with Crippen molar-refractivity contribution in [3.05, 3.63) is 66.7 Å². The fraction of sp³-hybridized carbons (Fsp3) is 0.118. The van der Waals surface area contributed by atoms with Gasteiger partial charge in [-0.1, -0.05) is 18.2 Å². The van der Waals surface area contributed by atoms with E-state index >= 15 is 0 Å². The Bertz CT molecular complexity index is 938. The predicted molar refractivity (Wildman–Crippen MR) is 89.4 cm³/mol. The molecule has 23 heavy (non-hydrogen) atoms. The summed E-state index contributed by atoms with van der Waals surface area (Å²) in [5.41, 5.74) is 4.06. The molecular formula is C17H16N6. The van der Waals surface area contributed by atoms with Crippen LogP contribution in [0.4, 0.5) is 5.69 Å². The molecule has 1 aromatic carbocycles. The van der Waals surface area contributed by atoms with Crippen LogP contribution in [0.3, 0.4) is 0 Å². The smallest absolute Gasteiger partial charge is 0.159 e. The van der Waals surface area contributed by atoms with Crippen LogP contribution in [0.1, 0.15) is 5.56 Å². The molecule has 0 aliphatic rings. The standard InChI is InChI=1S/C17H16N6/c1-22-17-15(11-20-22)16(7-8-18-17)19-9-13-10-21-23(12-13)14-5-3-2-4-6-14/h2-8,10-12H,9H2,1H3,(H,18,19). The second-order valence-corrected chi connectivity index (χ2v) is 5.35. The summed E-state index contributed by atoms with van der Waals surface area (Å²) in [5.74, 6) is 0. The molecule has 0 aliphatic carbocycles. The molecule has 0 spiro atoms. The topological polar surface area (TPSA) is 60.6 Å². The fourth-order valence-corrected chi connectivity index (χ4v) is 2.57. The van der Waals surface area contributed by atoms with Crippen LogP contribution < -0.4 is 5.32 Å². The van der Waals surface area contributed by atoms with E-state index in [1.54, 1.807) is 10.9 Å². The van der Waals surface area contributed by atoms with Crippen LogP contribution in [0, 0.1) is 0 Å². The zero-order valence-electron chi connectivity index (χ0n) is 12.7. The molecule has 0 amide bonds. The SMILES string of the molecule is Cn1ncc2c(NCc3cnn(-c4ccccc4)c3)ccnc21. The number of hydrogen-bond acceptors (Lipinski definition) is 4. The van der Waals surface area contributed by atoms with E-state index in [1.807, 2.05) is 66.7 Å². The highest BCUT2D eigenvalue weighted by Crippen LogP contribution is 2.21. The van der Waals surface area contributed by atoms with E-state index in [0.717, 1.165) is 28.0 Å². The molecule has 3 aromatic heterocycles. The van der Waals surface area contributed by atoms with Crippen molar-refractivity contribution in [2.24, 2.45) is 7.05 Å². The summed E-state index contributed by atoms with van der Waals surface area (Å²) in [5, 5.41) is 13.1. The second kappa shape index (κ2) is 5.57. The Morgan fingerprint density at radius 2 is 1.91 bits per heavy atom. The van der Waals surface area contributed by atoms with E-state index in [2.05, 4.69) is 20.5 Å². The number of aryl methyl sites for hydroxylation is 1. The lowest BCUT2D eigenvalue weighted by atomic mass is 10.2. The summed E-state index contributed by atoms with van der Waals surface area (Å²) >= 11 is 0. The van der Waals surface area contributed by atoms with E-state index in [1.165, 1.54) is 0 Å². The number of pyridine rings is 1. The van der Waals surface area contributed by atoms with Crippen LogP contribution in [0.25, 0.3) is 16.7 Å². The van der Waals surface area contributed by atoms with Gasteiger partial charge in [0, 0.05) is 37.2 Å². The van der Waals surface area contributed by atoms with Gasteiger partial charge in [-0.05, 0) is 18.2 Å². The number of anilines is 1. The molecule has 114 valence electrons. The minimum atomic E-state index is 0.695. The van der Waals surface area contributed by atoms with Gasteiger partial charge in [0.05, 0.1) is 23.5 Å². The third-order valence-electron chi connectivity index (χ3n) is 3.78. The molecule has 0 saturated carbocycles. The highest BCUT2D eigenvalue weighted by Gasteiger charge is 2.06. The van der Waals surface area contributed by atoms with Gasteiger partial charge in [-0.2, -0.15) is 10.2 Å². The third-order valence-corrected chi connectivity index (χ3v) is 3.78. The van der Waals surface area contributed by atoms with Crippen molar-refractivity contribution in [2.45, 2.75) is 6.54 Å².